The van der Waals surface area contributed by atoms with Crippen LogP contribution in [0.5, 0.6) is 11.5 Å². The van der Waals surface area contributed by atoms with E-state index >= 15 is 0 Å². The zero-order valence-electron chi connectivity index (χ0n) is 12.6. The first-order valence-electron chi connectivity index (χ1n) is 7.15. The minimum Gasteiger partial charge on any atom is -0.486 e. The van der Waals surface area contributed by atoms with Gasteiger partial charge in [0.25, 0.3) is 0 Å². The summed E-state index contributed by atoms with van der Waals surface area (Å²) in [5.74, 6) is 1.32. The Labute approximate surface area is 139 Å². The van der Waals surface area contributed by atoms with Crippen molar-refractivity contribution in [1.29, 1.82) is 0 Å². The average molecular weight is 393 g/mol. The summed E-state index contributed by atoms with van der Waals surface area (Å²) in [6.07, 6.45) is 0.678. The van der Waals surface area contributed by atoms with E-state index in [-0.39, 0.29) is 17.5 Å². The normalized spacial score (nSPS) is 15.9. The fourth-order valence-electron chi connectivity index (χ4n) is 2.30. The summed E-state index contributed by atoms with van der Waals surface area (Å²) in [6, 6.07) is 2.79. The average Bonchev–Trinajstić information content (AvgIpc) is 2.44. The lowest BCUT2D eigenvalue weighted by Gasteiger charge is -2.22. The lowest BCUT2D eigenvalue weighted by atomic mass is 10.1. The fraction of sp³-hybridized carbons (Fsp3) is 0.571. The molecule has 0 saturated heterocycles. The Morgan fingerprint density at radius 1 is 1.27 bits per heavy atom. The van der Waals surface area contributed by atoms with Gasteiger partial charge in [-0.1, -0.05) is 13.8 Å². The zero-order chi connectivity index (χ0) is 16.3. The maximum absolute atomic E-state index is 12.6. The number of nitrogens with two attached hydrogens (primary N) is 1. The van der Waals surface area contributed by atoms with Gasteiger partial charge in [-0.15, -0.1) is 0 Å². The Kier molecular flexibility index (Phi) is 5.70. The second-order valence-electron chi connectivity index (χ2n) is 5.61. The molecule has 1 aliphatic heterocycles. The van der Waals surface area contributed by atoms with Gasteiger partial charge in [-0.3, -0.25) is 0 Å². The van der Waals surface area contributed by atoms with Crippen LogP contribution in [0, 0.1) is 5.92 Å². The van der Waals surface area contributed by atoms with Gasteiger partial charge in [-0.05, 0) is 34.3 Å². The molecule has 0 saturated carbocycles. The van der Waals surface area contributed by atoms with E-state index in [0.29, 0.717) is 41.5 Å². The molecule has 2 rings (SSSR count). The number of hydrogen-bond donors (Lipinski definition) is 2. The van der Waals surface area contributed by atoms with Gasteiger partial charge in [0.05, 0.1) is 0 Å². The predicted octanol–water partition coefficient (Wildman–Crippen LogP) is 1.87. The van der Waals surface area contributed by atoms with Gasteiger partial charge in [0.15, 0.2) is 11.5 Å². The standard InChI is InChI=1S/C14H21BrN2O4S/c1-9(2)5-10(8-16)17-22(18,19)14-7-13-12(6-11(14)15)20-3-4-21-13/h6-7,9-10,17H,3-5,8,16H2,1-2H3. The first kappa shape index (κ1) is 17.5. The molecule has 1 aromatic rings. The van der Waals surface area contributed by atoms with E-state index in [1.807, 2.05) is 13.8 Å². The number of halogens is 1. The van der Waals surface area contributed by atoms with Gasteiger partial charge in [-0.25, -0.2) is 13.1 Å². The molecule has 1 unspecified atom stereocenters. The Morgan fingerprint density at radius 3 is 2.41 bits per heavy atom. The Hall–Kier alpha value is -0.830. The molecule has 0 radical (unpaired) electrons. The highest BCUT2D eigenvalue weighted by molar-refractivity contribution is 9.10. The number of benzene rings is 1. The van der Waals surface area contributed by atoms with Crippen LogP contribution in [0.25, 0.3) is 0 Å². The maximum Gasteiger partial charge on any atom is 0.242 e. The van der Waals surface area contributed by atoms with Gasteiger partial charge in [0, 0.05) is 23.1 Å². The third-order valence-corrected chi connectivity index (χ3v) is 5.73. The molecule has 0 spiro atoms. The lowest BCUT2D eigenvalue weighted by Crippen LogP contribution is -2.41. The largest absolute Gasteiger partial charge is 0.486 e. The predicted molar refractivity (Wildman–Crippen MR) is 87.8 cm³/mol. The van der Waals surface area contributed by atoms with Crippen molar-refractivity contribution in [3.8, 4) is 11.5 Å². The molecule has 124 valence electrons. The molecule has 0 aromatic heterocycles. The van der Waals surface area contributed by atoms with E-state index < -0.39 is 10.0 Å². The molecule has 0 aliphatic carbocycles. The van der Waals surface area contributed by atoms with Gasteiger partial charge in [0.1, 0.15) is 18.1 Å². The molecular formula is C14H21BrN2O4S. The Bertz CT molecular complexity index is 634. The summed E-state index contributed by atoms with van der Waals surface area (Å²) in [6.45, 7) is 5.15. The molecule has 1 aliphatic rings. The molecule has 22 heavy (non-hydrogen) atoms. The quantitative estimate of drug-likeness (QED) is 0.770. The van der Waals surface area contributed by atoms with E-state index in [1.54, 1.807) is 6.07 Å². The van der Waals surface area contributed by atoms with Crippen molar-refractivity contribution in [3.05, 3.63) is 16.6 Å². The van der Waals surface area contributed by atoms with E-state index in [9.17, 15) is 8.42 Å². The molecular weight excluding hydrogens is 372 g/mol. The van der Waals surface area contributed by atoms with Gasteiger partial charge in [-0.2, -0.15) is 0 Å². The van der Waals surface area contributed by atoms with E-state index in [1.165, 1.54) is 6.07 Å². The molecule has 1 heterocycles. The lowest BCUT2D eigenvalue weighted by molar-refractivity contribution is 0.171. The highest BCUT2D eigenvalue weighted by Gasteiger charge is 2.25. The van der Waals surface area contributed by atoms with Crippen molar-refractivity contribution in [2.24, 2.45) is 11.7 Å². The van der Waals surface area contributed by atoms with Crippen LogP contribution in [0.15, 0.2) is 21.5 Å². The zero-order valence-corrected chi connectivity index (χ0v) is 15.0. The number of hydrogen-bond acceptors (Lipinski definition) is 5. The SMILES string of the molecule is CC(C)CC(CN)NS(=O)(=O)c1cc2c(cc1Br)OCCO2. The molecule has 6 nitrogen and oxygen atoms in total. The molecule has 1 aromatic carbocycles. The topological polar surface area (TPSA) is 90.7 Å². The van der Waals surface area contributed by atoms with Crippen LogP contribution in [0.1, 0.15) is 20.3 Å². The van der Waals surface area contributed by atoms with Gasteiger partial charge >= 0.3 is 0 Å². The van der Waals surface area contributed by atoms with Crippen molar-refractivity contribution >= 4 is 26.0 Å². The fourth-order valence-corrected chi connectivity index (χ4v) is 4.59. The van der Waals surface area contributed by atoms with E-state index in [2.05, 4.69) is 20.7 Å². The highest BCUT2D eigenvalue weighted by Crippen LogP contribution is 2.37. The summed E-state index contributed by atoms with van der Waals surface area (Å²) < 4.78 is 39.2. The molecule has 0 amide bonds. The van der Waals surface area contributed by atoms with Crippen molar-refractivity contribution in [2.75, 3.05) is 19.8 Å². The smallest absolute Gasteiger partial charge is 0.242 e. The van der Waals surface area contributed by atoms with Crippen LogP contribution in [-0.2, 0) is 10.0 Å². The maximum atomic E-state index is 12.6. The third kappa shape index (κ3) is 4.13. The Balaban J connectivity index is 2.29. The second-order valence-corrected chi connectivity index (χ2v) is 8.15. The second kappa shape index (κ2) is 7.16. The van der Waals surface area contributed by atoms with Crippen LogP contribution in [0.3, 0.4) is 0 Å². The van der Waals surface area contributed by atoms with Crippen molar-refractivity contribution in [1.82, 2.24) is 4.72 Å². The summed E-state index contributed by atoms with van der Waals surface area (Å²) >= 11 is 3.29. The van der Waals surface area contributed by atoms with Crippen LogP contribution in [0.4, 0.5) is 0 Å². The monoisotopic (exact) mass is 392 g/mol. The van der Waals surface area contributed by atoms with Crippen LogP contribution >= 0.6 is 15.9 Å². The summed E-state index contributed by atoms with van der Waals surface area (Å²) in [7, 11) is -3.69. The molecule has 0 fully saturated rings. The third-order valence-electron chi connectivity index (χ3n) is 3.25. The molecule has 3 N–H and O–H groups in total. The minimum absolute atomic E-state index is 0.124. The highest BCUT2D eigenvalue weighted by atomic mass is 79.9. The van der Waals surface area contributed by atoms with Crippen LogP contribution < -0.4 is 19.9 Å². The first-order chi connectivity index (χ1) is 10.3. The van der Waals surface area contributed by atoms with Gasteiger partial charge in [0.2, 0.25) is 10.0 Å². The molecule has 8 heteroatoms. The van der Waals surface area contributed by atoms with Crippen molar-refractivity contribution in [3.63, 3.8) is 0 Å². The first-order valence-corrected chi connectivity index (χ1v) is 9.42. The molecule has 0 bridgehead atoms. The summed E-state index contributed by atoms with van der Waals surface area (Å²) in [5, 5.41) is 0. The van der Waals surface area contributed by atoms with Crippen LogP contribution in [-0.4, -0.2) is 34.2 Å². The van der Waals surface area contributed by atoms with Crippen molar-refractivity contribution in [2.45, 2.75) is 31.2 Å². The van der Waals surface area contributed by atoms with Crippen LogP contribution in [0.2, 0.25) is 0 Å². The number of sulfonamides is 1. The number of rotatable bonds is 6. The summed E-state index contributed by atoms with van der Waals surface area (Å²) in [5.41, 5.74) is 5.67. The number of nitrogens with one attached hydrogen (secondary N) is 1. The number of fused-ring (bicyclic) bond motifs is 1. The minimum atomic E-state index is -3.69. The van der Waals surface area contributed by atoms with Crippen molar-refractivity contribution < 1.29 is 17.9 Å². The molecule has 1 atom stereocenters. The van der Waals surface area contributed by atoms with E-state index in [0.717, 1.165) is 0 Å². The number of ether oxygens (including phenoxy) is 2. The Morgan fingerprint density at radius 2 is 1.86 bits per heavy atom. The van der Waals surface area contributed by atoms with E-state index in [4.69, 9.17) is 15.2 Å². The summed E-state index contributed by atoms with van der Waals surface area (Å²) in [4.78, 5) is 0.124. The van der Waals surface area contributed by atoms with Gasteiger partial charge < -0.3 is 15.2 Å².